The van der Waals surface area contributed by atoms with Crippen LogP contribution in [0.1, 0.15) is 12.1 Å². The van der Waals surface area contributed by atoms with E-state index < -0.39 is 30.7 Å². The minimum atomic E-state index is -1.79. The molecule has 22 heavy (non-hydrogen) atoms. The molecule has 2 aromatic heterocycles. The molecular formula is C13H16FN5O3. The Morgan fingerprint density at radius 1 is 1.59 bits per heavy atom. The van der Waals surface area contributed by atoms with Gasteiger partial charge in [0.1, 0.15) is 23.0 Å². The quantitative estimate of drug-likeness (QED) is 0.675. The Balaban J connectivity index is 2.11. The van der Waals surface area contributed by atoms with Crippen molar-refractivity contribution in [2.45, 2.75) is 31.0 Å². The summed E-state index contributed by atoms with van der Waals surface area (Å²) in [6, 6.07) is 0. The minimum Gasteiger partial charge on any atom is -0.393 e. The van der Waals surface area contributed by atoms with Crippen LogP contribution in [0, 0.1) is 6.92 Å². The molecule has 1 aliphatic rings. The largest absolute Gasteiger partial charge is 0.393 e. The summed E-state index contributed by atoms with van der Waals surface area (Å²) >= 11 is 0. The molecule has 8 nitrogen and oxygen atoms in total. The Kier molecular flexibility index (Phi) is 3.35. The van der Waals surface area contributed by atoms with E-state index in [0.29, 0.717) is 17.0 Å². The molecule has 3 rings (SSSR count). The van der Waals surface area contributed by atoms with Gasteiger partial charge in [-0.05, 0) is 6.92 Å². The van der Waals surface area contributed by atoms with Crippen molar-refractivity contribution < 1.29 is 19.3 Å². The standard InChI is InChI=1S/C13H16FN5O3/c1-3-13(4-20)9(21)7(14)12(22-13)19-5-16-8-10(15)17-6(2)18-11(8)19/h3,5,7,9,12,20-21H,1,4H2,2H3,(H2,15,17,18)/t7-,9+,12-,13-/m1/s1. The zero-order chi connectivity index (χ0) is 16.1. The van der Waals surface area contributed by atoms with Crippen LogP contribution in [0.2, 0.25) is 0 Å². The average molecular weight is 309 g/mol. The first-order chi connectivity index (χ1) is 10.4. The van der Waals surface area contributed by atoms with Gasteiger partial charge in [-0.15, -0.1) is 6.58 Å². The van der Waals surface area contributed by atoms with Crippen LogP contribution in [0.4, 0.5) is 10.2 Å². The van der Waals surface area contributed by atoms with Crippen LogP contribution in [0.5, 0.6) is 0 Å². The fraction of sp³-hybridized carbons (Fsp3) is 0.462. The predicted octanol–water partition coefficient (Wildman–Crippen LogP) is -0.138. The van der Waals surface area contributed by atoms with Crippen LogP contribution in [-0.2, 0) is 4.74 Å². The first kappa shape index (κ1) is 14.8. The normalized spacial score (nSPS) is 31.7. The van der Waals surface area contributed by atoms with Gasteiger partial charge in [-0.2, -0.15) is 0 Å². The molecule has 3 heterocycles. The molecule has 2 aromatic rings. The van der Waals surface area contributed by atoms with E-state index in [1.807, 2.05) is 0 Å². The van der Waals surface area contributed by atoms with Crippen LogP contribution in [0.3, 0.4) is 0 Å². The van der Waals surface area contributed by atoms with Gasteiger partial charge in [0.05, 0.1) is 12.9 Å². The maximum Gasteiger partial charge on any atom is 0.174 e. The molecule has 9 heteroatoms. The molecule has 4 N–H and O–H groups in total. The Hall–Kier alpha value is -2.10. The number of fused-ring (bicyclic) bond motifs is 1. The Labute approximate surface area is 125 Å². The lowest BCUT2D eigenvalue weighted by Gasteiger charge is -2.25. The number of rotatable bonds is 3. The van der Waals surface area contributed by atoms with E-state index in [9.17, 15) is 14.6 Å². The topological polar surface area (TPSA) is 119 Å². The van der Waals surface area contributed by atoms with E-state index >= 15 is 0 Å². The number of aliphatic hydroxyl groups is 2. The number of aromatic nitrogens is 4. The molecule has 4 atom stereocenters. The van der Waals surface area contributed by atoms with Crippen molar-refractivity contribution in [2.75, 3.05) is 12.3 Å². The summed E-state index contributed by atoms with van der Waals surface area (Å²) in [6.07, 6.45) is -2.05. The second kappa shape index (κ2) is 4.97. The number of aryl methyl sites for hydroxylation is 1. The molecule has 1 fully saturated rings. The lowest BCUT2D eigenvalue weighted by atomic mass is 9.97. The van der Waals surface area contributed by atoms with Crippen LogP contribution < -0.4 is 5.73 Å². The summed E-state index contributed by atoms with van der Waals surface area (Å²) in [5.74, 6) is 0.574. The second-order valence-electron chi connectivity index (χ2n) is 5.19. The van der Waals surface area contributed by atoms with Gasteiger partial charge >= 0.3 is 0 Å². The maximum absolute atomic E-state index is 14.5. The van der Waals surface area contributed by atoms with Gasteiger partial charge in [-0.1, -0.05) is 6.08 Å². The number of imidazole rings is 1. The monoisotopic (exact) mass is 309 g/mol. The van der Waals surface area contributed by atoms with E-state index in [4.69, 9.17) is 10.5 Å². The number of ether oxygens (including phenoxy) is 1. The summed E-state index contributed by atoms with van der Waals surface area (Å²) in [4.78, 5) is 12.2. The van der Waals surface area contributed by atoms with Crippen molar-refractivity contribution >= 4 is 17.0 Å². The average Bonchev–Trinajstić information content (AvgIpc) is 3.01. The van der Waals surface area contributed by atoms with Gasteiger partial charge < -0.3 is 20.7 Å². The van der Waals surface area contributed by atoms with Gasteiger partial charge in [0.25, 0.3) is 0 Å². The third-order valence-electron chi connectivity index (χ3n) is 3.84. The Morgan fingerprint density at radius 3 is 2.91 bits per heavy atom. The van der Waals surface area contributed by atoms with E-state index in [0.717, 1.165) is 0 Å². The highest BCUT2D eigenvalue weighted by Gasteiger charge is 2.54. The molecule has 0 saturated carbocycles. The number of hydrogen-bond donors (Lipinski definition) is 3. The third kappa shape index (κ3) is 1.90. The van der Waals surface area contributed by atoms with Gasteiger partial charge in [0.2, 0.25) is 0 Å². The summed E-state index contributed by atoms with van der Waals surface area (Å²) in [5, 5.41) is 19.5. The van der Waals surface area contributed by atoms with Crippen molar-refractivity contribution in [3.63, 3.8) is 0 Å². The number of aliphatic hydroxyl groups excluding tert-OH is 2. The first-order valence-electron chi connectivity index (χ1n) is 6.64. The Morgan fingerprint density at radius 2 is 2.32 bits per heavy atom. The summed E-state index contributed by atoms with van der Waals surface area (Å²) in [7, 11) is 0. The predicted molar refractivity (Wildman–Crippen MR) is 75.5 cm³/mol. The molecule has 118 valence electrons. The van der Waals surface area contributed by atoms with Gasteiger partial charge in [-0.25, -0.2) is 19.3 Å². The molecule has 0 amide bonds. The highest BCUT2D eigenvalue weighted by Crippen LogP contribution is 2.40. The molecular weight excluding hydrogens is 293 g/mol. The van der Waals surface area contributed by atoms with Crippen molar-refractivity contribution in [3.05, 3.63) is 24.8 Å². The van der Waals surface area contributed by atoms with Crippen molar-refractivity contribution in [3.8, 4) is 0 Å². The van der Waals surface area contributed by atoms with Crippen molar-refractivity contribution in [1.29, 1.82) is 0 Å². The lowest BCUT2D eigenvalue weighted by Crippen LogP contribution is -2.43. The third-order valence-corrected chi connectivity index (χ3v) is 3.84. The molecule has 1 aliphatic heterocycles. The number of nitrogens with zero attached hydrogens (tertiary/aromatic N) is 4. The number of nitrogens with two attached hydrogens (primary N) is 1. The number of hydrogen-bond acceptors (Lipinski definition) is 7. The van der Waals surface area contributed by atoms with E-state index in [1.165, 1.54) is 17.0 Å². The number of halogens is 1. The van der Waals surface area contributed by atoms with E-state index in [1.54, 1.807) is 6.92 Å². The number of nitrogen functional groups attached to an aromatic ring is 1. The summed E-state index contributed by atoms with van der Waals surface area (Å²) in [6.45, 7) is 4.54. The minimum absolute atomic E-state index is 0.173. The van der Waals surface area contributed by atoms with Crippen molar-refractivity contribution in [1.82, 2.24) is 19.5 Å². The smallest absolute Gasteiger partial charge is 0.174 e. The number of anilines is 1. The fourth-order valence-corrected chi connectivity index (χ4v) is 2.60. The van der Waals surface area contributed by atoms with E-state index in [-0.39, 0.29) is 5.82 Å². The second-order valence-corrected chi connectivity index (χ2v) is 5.19. The van der Waals surface area contributed by atoms with Crippen LogP contribution in [0.25, 0.3) is 11.2 Å². The SMILES string of the molecule is C=C[C@]1(CO)O[C@@H](n2cnc3c(N)nc(C)nc32)[C@H](F)[C@@H]1O. The lowest BCUT2D eigenvalue weighted by molar-refractivity contribution is -0.0960. The maximum atomic E-state index is 14.5. The molecule has 0 spiro atoms. The molecule has 0 aliphatic carbocycles. The van der Waals surface area contributed by atoms with Gasteiger partial charge in [0, 0.05) is 0 Å². The molecule has 1 saturated heterocycles. The van der Waals surface area contributed by atoms with Gasteiger partial charge in [0.15, 0.2) is 23.9 Å². The number of alkyl halides is 1. The molecule has 0 aromatic carbocycles. The van der Waals surface area contributed by atoms with Gasteiger partial charge in [-0.3, -0.25) is 4.57 Å². The van der Waals surface area contributed by atoms with Crippen LogP contribution in [-0.4, -0.2) is 54.2 Å². The highest BCUT2D eigenvalue weighted by molar-refractivity contribution is 5.81. The van der Waals surface area contributed by atoms with Crippen LogP contribution in [0.15, 0.2) is 19.0 Å². The molecule has 0 radical (unpaired) electrons. The Bertz CT molecular complexity index is 736. The molecule has 0 bridgehead atoms. The zero-order valence-corrected chi connectivity index (χ0v) is 11.8. The first-order valence-corrected chi connectivity index (χ1v) is 6.64. The van der Waals surface area contributed by atoms with Crippen molar-refractivity contribution in [2.24, 2.45) is 0 Å². The van der Waals surface area contributed by atoms with Crippen LogP contribution >= 0.6 is 0 Å². The molecule has 0 unspecified atom stereocenters. The fourth-order valence-electron chi connectivity index (χ4n) is 2.60. The summed E-state index contributed by atoms with van der Waals surface area (Å²) in [5.41, 5.74) is 4.80. The van der Waals surface area contributed by atoms with E-state index in [2.05, 4.69) is 21.5 Å². The summed E-state index contributed by atoms with van der Waals surface area (Å²) < 4.78 is 21.3. The zero-order valence-electron chi connectivity index (χ0n) is 11.8. The highest BCUT2D eigenvalue weighted by atomic mass is 19.1.